The van der Waals surface area contributed by atoms with Crippen LogP contribution in [0.15, 0.2) is 43.0 Å². The second-order valence-electron chi connectivity index (χ2n) is 9.05. The number of anilines is 1. The Morgan fingerprint density at radius 1 is 1.17 bits per heavy atom. The van der Waals surface area contributed by atoms with Crippen LogP contribution in [-0.4, -0.2) is 65.2 Å². The van der Waals surface area contributed by atoms with E-state index in [4.69, 9.17) is 0 Å². The van der Waals surface area contributed by atoms with E-state index in [1.165, 1.54) is 6.20 Å². The Bertz CT molecular complexity index is 1570. The van der Waals surface area contributed by atoms with Crippen molar-refractivity contribution in [2.45, 2.75) is 18.9 Å². The number of sulfonamides is 1. The van der Waals surface area contributed by atoms with E-state index >= 15 is 4.39 Å². The van der Waals surface area contributed by atoms with Gasteiger partial charge in [-0.25, -0.2) is 22.2 Å². The first-order valence-corrected chi connectivity index (χ1v) is 13.2. The van der Waals surface area contributed by atoms with Crippen molar-refractivity contribution in [1.29, 1.82) is 0 Å². The molecule has 0 atom stereocenters. The Kier molecular flexibility index (Phi) is 6.08. The van der Waals surface area contributed by atoms with Crippen molar-refractivity contribution in [2.24, 2.45) is 0 Å². The Labute approximate surface area is 206 Å². The number of hydrogen-bond donors (Lipinski definition) is 2. The number of nitrogens with one attached hydrogen (secondary N) is 2. The average Bonchev–Trinajstić information content (AvgIpc) is 3.48. The molecule has 9 nitrogen and oxygen atoms in total. The Balaban J connectivity index is 1.50. The SMILES string of the molecule is CN1CCC(n2cc(-c3cnc4[nH]cc(C(=O)c5c(F)ccc(NS(C)(=O)=O)c5F)c4c3)cn2)CC1. The summed E-state index contributed by atoms with van der Waals surface area (Å²) in [5.41, 5.74) is 0.517. The fraction of sp³-hybridized carbons (Fsp3) is 0.292. The van der Waals surface area contributed by atoms with E-state index in [9.17, 15) is 17.6 Å². The monoisotopic (exact) mass is 514 g/mol. The van der Waals surface area contributed by atoms with Crippen molar-refractivity contribution in [3.8, 4) is 11.1 Å². The topological polar surface area (TPSA) is 113 Å². The average molecular weight is 515 g/mol. The number of rotatable bonds is 6. The van der Waals surface area contributed by atoms with Crippen LogP contribution in [0.3, 0.4) is 0 Å². The van der Waals surface area contributed by atoms with Gasteiger partial charge in [0, 0.05) is 40.7 Å². The van der Waals surface area contributed by atoms with E-state index < -0.39 is 38.7 Å². The zero-order chi connectivity index (χ0) is 25.6. The number of halogens is 2. The van der Waals surface area contributed by atoms with Crippen LogP contribution < -0.4 is 4.72 Å². The molecular weight excluding hydrogens is 490 g/mol. The van der Waals surface area contributed by atoms with Gasteiger partial charge in [-0.15, -0.1) is 0 Å². The van der Waals surface area contributed by atoms with Gasteiger partial charge >= 0.3 is 0 Å². The standard InChI is InChI=1S/C24H24F2N6O3S/c1-31-7-5-16(6-8-31)32-13-15(11-29-32)14-9-17-18(12-28-24(17)27-10-14)23(33)21-19(25)3-4-20(22(21)26)30-36(2,34)35/h3-4,9-13,16,30H,5-8H2,1-2H3,(H,27,28). The summed E-state index contributed by atoms with van der Waals surface area (Å²) in [6.07, 6.45) is 9.47. The number of carbonyl (C=O) groups excluding carboxylic acids is 1. The van der Waals surface area contributed by atoms with E-state index in [-0.39, 0.29) is 5.56 Å². The van der Waals surface area contributed by atoms with Gasteiger partial charge in [0.1, 0.15) is 11.5 Å². The third-order valence-electron chi connectivity index (χ3n) is 6.39. The summed E-state index contributed by atoms with van der Waals surface area (Å²) in [4.78, 5) is 22.7. The minimum atomic E-state index is -3.84. The number of piperidine rings is 1. The number of hydrogen-bond acceptors (Lipinski definition) is 6. The Morgan fingerprint density at radius 3 is 2.64 bits per heavy atom. The Hall–Kier alpha value is -3.64. The molecule has 0 radical (unpaired) electrons. The van der Waals surface area contributed by atoms with Crippen LogP contribution in [-0.2, 0) is 10.0 Å². The van der Waals surface area contributed by atoms with Gasteiger partial charge in [0.2, 0.25) is 15.8 Å². The molecule has 3 aromatic heterocycles. The van der Waals surface area contributed by atoms with Crippen LogP contribution in [0.25, 0.3) is 22.2 Å². The first-order valence-electron chi connectivity index (χ1n) is 11.3. The van der Waals surface area contributed by atoms with Gasteiger partial charge in [0.25, 0.3) is 0 Å². The molecule has 0 aliphatic carbocycles. The molecule has 0 unspecified atom stereocenters. The van der Waals surface area contributed by atoms with Crippen LogP contribution in [0.1, 0.15) is 34.8 Å². The molecule has 1 aliphatic rings. The summed E-state index contributed by atoms with van der Waals surface area (Å²) >= 11 is 0. The highest BCUT2D eigenvalue weighted by Crippen LogP contribution is 2.30. The van der Waals surface area contributed by atoms with Gasteiger partial charge in [-0.05, 0) is 51.2 Å². The van der Waals surface area contributed by atoms with Crippen molar-refractivity contribution in [3.05, 3.63) is 65.7 Å². The van der Waals surface area contributed by atoms with Crippen molar-refractivity contribution in [1.82, 2.24) is 24.6 Å². The number of fused-ring (bicyclic) bond motifs is 1. The van der Waals surface area contributed by atoms with Crippen molar-refractivity contribution in [3.63, 3.8) is 0 Å². The summed E-state index contributed by atoms with van der Waals surface area (Å²) in [6.45, 7) is 1.99. The Morgan fingerprint density at radius 2 is 1.92 bits per heavy atom. The number of pyridine rings is 1. The van der Waals surface area contributed by atoms with Crippen molar-refractivity contribution in [2.75, 3.05) is 31.1 Å². The molecule has 0 saturated carbocycles. The summed E-state index contributed by atoms with van der Waals surface area (Å²) in [7, 11) is -1.74. The van der Waals surface area contributed by atoms with Gasteiger partial charge in [-0.1, -0.05) is 0 Å². The quantitative estimate of drug-likeness (QED) is 0.381. The first-order chi connectivity index (χ1) is 17.1. The van der Waals surface area contributed by atoms with Crippen LogP contribution >= 0.6 is 0 Å². The van der Waals surface area contributed by atoms with Crippen LogP contribution in [0, 0.1) is 11.6 Å². The van der Waals surface area contributed by atoms with E-state index in [2.05, 4.69) is 27.0 Å². The van der Waals surface area contributed by atoms with E-state index in [0.717, 1.165) is 49.9 Å². The predicted octanol–water partition coefficient (Wildman–Crippen LogP) is 3.57. The fourth-order valence-corrected chi connectivity index (χ4v) is 5.03. The highest BCUT2D eigenvalue weighted by atomic mass is 32.2. The number of carbonyl (C=O) groups is 1. The summed E-state index contributed by atoms with van der Waals surface area (Å²) < 4.78 is 56.6. The largest absolute Gasteiger partial charge is 0.345 e. The molecule has 12 heteroatoms. The fourth-order valence-electron chi connectivity index (χ4n) is 4.47. The highest BCUT2D eigenvalue weighted by molar-refractivity contribution is 7.92. The molecule has 0 amide bonds. The summed E-state index contributed by atoms with van der Waals surface area (Å²) in [6, 6.07) is 3.80. The summed E-state index contributed by atoms with van der Waals surface area (Å²) in [5, 5.41) is 4.90. The second-order valence-corrected chi connectivity index (χ2v) is 10.8. The highest BCUT2D eigenvalue weighted by Gasteiger charge is 2.26. The van der Waals surface area contributed by atoms with Gasteiger partial charge in [0.15, 0.2) is 5.82 Å². The molecular formula is C24H24F2N6O3S. The van der Waals surface area contributed by atoms with E-state index in [1.54, 1.807) is 18.5 Å². The molecule has 1 fully saturated rings. The van der Waals surface area contributed by atoms with E-state index in [1.807, 2.05) is 15.6 Å². The molecule has 4 heterocycles. The van der Waals surface area contributed by atoms with Crippen LogP contribution in [0.4, 0.5) is 14.5 Å². The maximum absolute atomic E-state index is 15.0. The van der Waals surface area contributed by atoms with E-state index in [0.29, 0.717) is 22.6 Å². The van der Waals surface area contributed by atoms with Gasteiger partial charge in [-0.3, -0.25) is 14.2 Å². The van der Waals surface area contributed by atoms with Crippen LogP contribution in [0.2, 0.25) is 0 Å². The van der Waals surface area contributed by atoms with Crippen molar-refractivity contribution < 1.29 is 22.0 Å². The molecule has 36 heavy (non-hydrogen) atoms. The maximum atomic E-state index is 15.0. The molecule has 0 spiro atoms. The van der Waals surface area contributed by atoms with Gasteiger partial charge < -0.3 is 9.88 Å². The third kappa shape index (κ3) is 4.61. The zero-order valence-electron chi connectivity index (χ0n) is 19.6. The minimum Gasteiger partial charge on any atom is -0.345 e. The number of nitrogens with zero attached hydrogens (tertiary/aromatic N) is 4. The number of aromatic amines is 1. The minimum absolute atomic E-state index is 0.0105. The number of H-pyrrole nitrogens is 1. The lowest BCUT2D eigenvalue weighted by molar-refractivity contribution is 0.103. The number of aromatic nitrogens is 4. The van der Waals surface area contributed by atoms with Crippen LogP contribution in [0.5, 0.6) is 0 Å². The van der Waals surface area contributed by atoms with Crippen molar-refractivity contribution >= 4 is 32.5 Å². The molecule has 0 bridgehead atoms. The smallest absolute Gasteiger partial charge is 0.229 e. The van der Waals surface area contributed by atoms with Gasteiger partial charge in [-0.2, -0.15) is 5.10 Å². The van der Waals surface area contributed by atoms with Gasteiger partial charge in [0.05, 0.1) is 29.7 Å². The molecule has 5 rings (SSSR count). The lowest BCUT2D eigenvalue weighted by atomic mass is 10.0. The third-order valence-corrected chi connectivity index (χ3v) is 6.98. The lowest BCUT2D eigenvalue weighted by Crippen LogP contribution is -2.31. The molecule has 1 saturated heterocycles. The first kappa shape index (κ1) is 24.1. The zero-order valence-corrected chi connectivity index (χ0v) is 20.4. The number of likely N-dealkylation sites (tertiary alicyclic amines) is 1. The molecule has 2 N–H and O–H groups in total. The molecule has 1 aromatic carbocycles. The molecule has 4 aromatic rings. The molecule has 188 valence electrons. The predicted molar refractivity (Wildman–Crippen MR) is 131 cm³/mol. The maximum Gasteiger partial charge on any atom is 0.229 e. The normalized spacial score (nSPS) is 15.4. The lowest BCUT2D eigenvalue weighted by Gasteiger charge is -2.28. The summed E-state index contributed by atoms with van der Waals surface area (Å²) in [5.74, 6) is -3.33. The number of benzene rings is 1. The number of ketones is 1. The molecule has 1 aliphatic heterocycles. The second kappa shape index (κ2) is 9.10.